The van der Waals surface area contributed by atoms with Crippen molar-refractivity contribution < 1.29 is 9.53 Å². The number of ether oxygens (including phenoxy) is 1. The Kier molecular flexibility index (Phi) is 3.18. The van der Waals surface area contributed by atoms with E-state index in [1.807, 2.05) is 6.07 Å². The minimum absolute atomic E-state index is 0.0867. The number of rotatable bonds is 2. The summed E-state index contributed by atoms with van der Waals surface area (Å²) in [6.07, 6.45) is 0. The molecule has 0 N–H and O–H groups in total. The predicted octanol–water partition coefficient (Wildman–Crippen LogP) is 1.89. The van der Waals surface area contributed by atoms with Gasteiger partial charge in [-0.25, -0.2) is 0 Å². The van der Waals surface area contributed by atoms with Crippen LogP contribution in [0.15, 0.2) is 30.3 Å². The van der Waals surface area contributed by atoms with Crippen LogP contribution in [-0.4, -0.2) is 37.0 Å². The lowest BCUT2D eigenvalue weighted by Gasteiger charge is -2.42. The fraction of sp³-hybridized carbons (Fsp3) is 0.533. The number of Topliss-reactive ketones (excluding diaryl/α,β-unsaturated/α-hetero) is 1. The first-order valence-corrected chi connectivity index (χ1v) is 6.66. The first-order chi connectivity index (χ1) is 8.75. The van der Waals surface area contributed by atoms with Crippen LogP contribution in [0.25, 0.3) is 0 Å². The molecule has 3 atom stereocenters. The summed E-state index contributed by atoms with van der Waals surface area (Å²) in [7, 11) is 0. The van der Waals surface area contributed by atoms with Crippen LogP contribution in [0.2, 0.25) is 0 Å². The van der Waals surface area contributed by atoms with E-state index < -0.39 is 0 Å². The second-order valence-electron chi connectivity index (χ2n) is 5.37. The van der Waals surface area contributed by atoms with E-state index in [1.54, 1.807) is 0 Å². The fourth-order valence-electron chi connectivity index (χ4n) is 3.03. The molecular formula is C15H19NO2. The van der Waals surface area contributed by atoms with Crippen LogP contribution in [0, 0.1) is 11.8 Å². The maximum Gasteiger partial charge on any atom is 0.146 e. The number of likely N-dealkylation sites (tertiary alicyclic amines) is 1. The SMILES string of the molecule is C[C@H](c1ccccc1)N1CC2COCC(C1)C2=O. The van der Waals surface area contributed by atoms with Gasteiger partial charge in [0.2, 0.25) is 0 Å². The molecule has 2 bridgehead atoms. The van der Waals surface area contributed by atoms with Crippen molar-refractivity contribution in [3.63, 3.8) is 0 Å². The third-order valence-corrected chi connectivity index (χ3v) is 4.18. The van der Waals surface area contributed by atoms with Gasteiger partial charge in [0.1, 0.15) is 5.78 Å². The highest BCUT2D eigenvalue weighted by Gasteiger charge is 2.40. The molecule has 3 rings (SSSR count). The van der Waals surface area contributed by atoms with Crippen LogP contribution in [0.4, 0.5) is 0 Å². The standard InChI is InChI=1S/C15H19NO2/c1-11(12-5-3-2-4-6-12)16-7-13-9-18-10-14(8-16)15(13)17/h2-6,11,13-14H,7-10H2,1H3/t11-,13?,14?/m1/s1. The summed E-state index contributed by atoms with van der Waals surface area (Å²) in [6, 6.07) is 10.9. The summed E-state index contributed by atoms with van der Waals surface area (Å²) >= 11 is 0. The van der Waals surface area contributed by atoms with Gasteiger partial charge in [-0.1, -0.05) is 30.3 Å². The minimum Gasteiger partial charge on any atom is -0.380 e. The van der Waals surface area contributed by atoms with Gasteiger partial charge in [-0.05, 0) is 12.5 Å². The van der Waals surface area contributed by atoms with Crippen molar-refractivity contribution in [1.29, 1.82) is 0 Å². The molecule has 0 radical (unpaired) electrons. The molecule has 0 aromatic heterocycles. The Balaban J connectivity index is 1.76. The lowest BCUT2D eigenvalue weighted by molar-refractivity contribution is -0.146. The maximum atomic E-state index is 12.0. The number of hydrogen-bond donors (Lipinski definition) is 0. The number of carbonyl (C=O) groups excluding carboxylic acids is 1. The molecule has 96 valence electrons. The van der Waals surface area contributed by atoms with Crippen LogP contribution < -0.4 is 0 Å². The van der Waals surface area contributed by atoms with Crippen molar-refractivity contribution in [3.8, 4) is 0 Å². The molecule has 3 heteroatoms. The third-order valence-electron chi connectivity index (χ3n) is 4.18. The van der Waals surface area contributed by atoms with Gasteiger partial charge in [0.15, 0.2) is 0 Å². The Bertz CT molecular complexity index is 415. The lowest BCUT2D eigenvalue weighted by Crippen LogP contribution is -2.53. The van der Waals surface area contributed by atoms with Crippen LogP contribution in [0.5, 0.6) is 0 Å². The number of benzene rings is 1. The summed E-state index contributed by atoms with van der Waals surface area (Å²) in [5, 5.41) is 0. The van der Waals surface area contributed by atoms with Crippen molar-refractivity contribution in [2.45, 2.75) is 13.0 Å². The summed E-state index contributed by atoms with van der Waals surface area (Å²) < 4.78 is 5.49. The third kappa shape index (κ3) is 2.08. The Morgan fingerprint density at radius 1 is 1.17 bits per heavy atom. The van der Waals surface area contributed by atoms with Crippen molar-refractivity contribution >= 4 is 5.78 Å². The topological polar surface area (TPSA) is 29.5 Å². The first kappa shape index (κ1) is 11.9. The largest absolute Gasteiger partial charge is 0.380 e. The summed E-state index contributed by atoms with van der Waals surface area (Å²) in [4.78, 5) is 14.4. The molecule has 2 fully saturated rings. The number of hydrogen-bond acceptors (Lipinski definition) is 3. The summed E-state index contributed by atoms with van der Waals surface area (Å²) in [5.74, 6) is 0.588. The van der Waals surface area contributed by atoms with Crippen molar-refractivity contribution in [2.24, 2.45) is 11.8 Å². The molecule has 18 heavy (non-hydrogen) atoms. The van der Waals surface area contributed by atoms with E-state index in [-0.39, 0.29) is 11.8 Å². The molecular weight excluding hydrogens is 226 g/mol. The van der Waals surface area contributed by atoms with E-state index in [9.17, 15) is 4.79 Å². The van der Waals surface area contributed by atoms with E-state index in [1.165, 1.54) is 5.56 Å². The van der Waals surface area contributed by atoms with E-state index in [0.717, 1.165) is 13.1 Å². The zero-order valence-electron chi connectivity index (χ0n) is 10.7. The van der Waals surface area contributed by atoms with Crippen LogP contribution in [0.3, 0.4) is 0 Å². The zero-order valence-corrected chi connectivity index (χ0v) is 10.7. The van der Waals surface area contributed by atoms with Gasteiger partial charge in [0, 0.05) is 19.1 Å². The van der Waals surface area contributed by atoms with Crippen LogP contribution in [-0.2, 0) is 9.53 Å². The molecule has 1 aromatic carbocycles. The van der Waals surface area contributed by atoms with Crippen molar-refractivity contribution in [2.75, 3.05) is 26.3 Å². The fourth-order valence-corrected chi connectivity index (χ4v) is 3.03. The predicted molar refractivity (Wildman–Crippen MR) is 69.2 cm³/mol. The smallest absolute Gasteiger partial charge is 0.146 e. The zero-order chi connectivity index (χ0) is 12.5. The number of piperidine rings is 1. The van der Waals surface area contributed by atoms with E-state index >= 15 is 0 Å². The Labute approximate surface area is 108 Å². The highest BCUT2D eigenvalue weighted by Crippen LogP contribution is 2.30. The van der Waals surface area contributed by atoms with Gasteiger partial charge < -0.3 is 4.74 Å². The molecule has 0 spiro atoms. The quantitative estimate of drug-likeness (QED) is 0.797. The first-order valence-electron chi connectivity index (χ1n) is 6.66. The number of carbonyl (C=O) groups is 1. The molecule has 0 saturated carbocycles. The summed E-state index contributed by atoms with van der Waals surface area (Å²) in [5.41, 5.74) is 1.32. The van der Waals surface area contributed by atoms with E-state index in [2.05, 4.69) is 36.1 Å². The second kappa shape index (κ2) is 4.82. The van der Waals surface area contributed by atoms with E-state index in [0.29, 0.717) is 25.0 Å². The van der Waals surface area contributed by atoms with Crippen LogP contribution >= 0.6 is 0 Å². The van der Waals surface area contributed by atoms with Gasteiger partial charge in [0.25, 0.3) is 0 Å². The second-order valence-corrected chi connectivity index (χ2v) is 5.37. The van der Waals surface area contributed by atoms with Crippen molar-refractivity contribution in [1.82, 2.24) is 4.90 Å². The molecule has 0 amide bonds. The normalized spacial score (nSPS) is 30.2. The molecule has 2 aliphatic heterocycles. The maximum absolute atomic E-state index is 12.0. The van der Waals surface area contributed by atoms with Gasteiger partial charge >= 0.3 is 0 Å². The molecule has 1 aromatic rings. The van der Waals surface area contributed by atoms with Gasteiger partial charge in [-0.2, -0.15) is 0 Å². The van der Waals surface area contributed by atoms with Crippen molar-refractivity contribution in [3.05, 3.63) is 35.9 Å². The molecule has 0 aliphatic carbocycles. The lowest BCUT2D eigenvalue weighted by atomic mass is 9.85. The van der Waals surface area contributed by atoms with Gasteiger partial charge in [0.05, 0.1) is 25.0 Å². The molecule has 3 nitrogen and oxygen atoms in total. The Morgan fingerprint density at radius 2 is 1.78 bits per heavy atom. The molecule has 2 saturated heterocycles. The van der Waals surface area contributed by atoms with Gasteiger partial charge in [-0.3, -0.25) is 9.69 Å². The number of nitrogens with zero attached hydrogens (tertiary/aromatic N) is 1. The van der Waals surface area contributed by atoms with Gasteiger partial charge in [-0.15, -0.1) is 0 Å². The highest BCUT2D eigenvalue weighted by molar-refractivity contribution is 5.85. The summed E-state index contributed by atoms with van der Waals surface area (Å²) in [6.45, 7) is 5.11. The highest BCUT2D eigenvalue weighted by atomic mass is 16.5. The molecule has 2 aliphatic rings. The Morgan fingerprint density at radius 3 is 2.39 bits per heavy atom. The average Bonchev–Trinajstić information content (AvgIpc) is 2.38. The van der Waals surface area contributed by atoms with E-state index in [4.69, 9.17) is 4.74 Å². The minimum atomic E-state index is 0.0867. The monoisotopic (exact) mass is 245 g/mol. The average molecular weight is 245 g/mol. The number of ketones is 1. The molecule has 2 unspecified atom stereocenters. The van der Waals surface area contributed by atoms with Crippen LogP contribution in [0.1, 0.15) is 18.5 Å². The molecule has 2 heterocycles. The number of fused-ring (bicyclic) bond motifs is 2. The Hall–Kier alpha value is -1.19.